The predicted molar refractivity (Wildman–Crippen MR) is 86.6 cm³/mol. The number of nitrogens with two attached hydrogens (primary N) is 1. The van der Waals surface area contributed by atoms with Gasteiger partial charge < -0.3 is 10.7 Å². The number of anilines is 1. The Balaban J connectivity index is 1.97. The topological polar surface area (TPSA) is 75.0 Å². The van der Waals surface area contributed by atoms with Crippen LogP contribution in [-0.2, 0) is 17.6 Å². The summed E-state index contributed by atoms with van der Waals surface area (Å²) in [6.45, 7) is 3.86. The van der Waals surface area contributed by atoms with Crippen molar-refractivity contribution in [3.63, 3.8) is 0 Å². The maximum Gasteiger partial charge on any atom is 0.244 e. The fraction of sp³-hybridized carbons (Fsp3) is 0.412. The van der Waals surface area contributed by atoms with Gasteiger partial charge in [0, 0.05) is 24.0 Å². The van der Waals surface area contributed by atoms with E-state index < -0.39 is 6.04 Å². The second-order valence-electron chi connectivity index (χ2n) is 5.89. The normalized spacial score (nSPS) is 18.3. The third-order valence-corrected chi connectivity index (χ3v) is 4.09. The first-order valence-corrected chi connectivity index (χ1v) is 7.82. The number of nitrogens with zero attached hydrogens (tertiary/aromatic N) is 2. The van der Waals surface area contributed by atoms with Crippen LogP contribution in [0.1, 0.15) is 43.4 Å². The van der Waals surface area contributed by atoms with Gasteiger partial charge in [0.25, 0.3) is 0 Å². The first-order chi connectivity index (χ1) is 10.6. The molecular formula is C17H22N4O. The molecule has 3 rings (SSSR count). The number of fused-ring (bicyclic) bond motifs is 1. The standard InChI is InChI=1S/C17H22N4O/c1-3-6-13-10-19-16(20-13)15-9-12-7-4-5-8-14(12)21(15)17(22)11(2)18/h4-5,7-8,10-11,15H,3,6,9,18H2,1-2H3,(H,19,20). The highest BCUT2D eigenvalue weighted by Gasteiger charge is 2.37. The molecule has 0 saturated carbocycles. The van der Waals surface area contributed by atoms with Gasteiger partial charge in [-0.3, -0.25) is 9.69 Å². The zero-order valence-corrected chi connectivity index (χ0v) is 13.0. The van der Waals surface area contributed by atoms with E-state index in [0.717, 1.165) is 42.0 Å². The number of rotatable bonds is 4. The highest BCUT2D eigenvalue weighted by molar-refractivity contribution is 5.99. The Morgan fingerprint density at radius 2 is 2.27 bits per heavy atom. The number of imidazole rings is 1. The van der Waals surface area contributed by atoms with Gasteiger partial charge in [-0.2, -0.15) is 0 Å². The summed E-state index contributed by atoms with van der Waals surface area (Å²) >= 11 is 0. The zero-order chi connectivity index (χ0) is 15.7. The summed E-state index contributed by atoms with van der Waals surface area (Å²) in [5.41, 5.74) is 9.07. The summed E-state index contributed by atoms with van der Waals surface area (Å²) in [5.74, 6) is 0.775. The fourth-order valence-electron chi connectivity index (χ4n) is 3.04. The molecule has 5 heteroatoms. The summed E-state index contributed by atoms with van der Waals surface area (Å²) in [4.78, 5) is 22.3. The molecule has 3 N–H and O–H groups in total. The third-order valence-electron chi connectivity index (χ3n) is 4.09. The van der Waals surface area contributed by atoms with Gasteiger partial charge >= 0.3 is 0 Å². The van der Waals surface area contributed by atoms with Gasteiger partial charge in [-0.25, -0.2) is 4.98 Å². The van der Waals surface area contributed by atoms with Gasteiger partial charge in [-0.05, 0) is 25.0 Å². The highest BCUT2D eigenvalue weighted by atomic mass is 16.2. The first-order valence-electron chi connectivity index (χ1n) is 7.82. The lowest BCUT2D eigenvalue weighted by Crippen LogP contribution is -2.43. The van der Waals surface area contributed by atoms with Crippen LogP contribution in [0.3, 0.4) is 0 Å². The molecule has 0 fully saturated rings. The maximum atomic E-state index is 12.6. The van der Waals surface area contributed by atoms with Crippen LogP contribution in [0.2, 0.25) is 0 Å². The maximum absolute atomic E-state index is 12.6. The second kappa shape index (κ2) is 5.93. The van der Waals surface area contributed by atoms with E-state index in [0.29, 0.717) is 0 Å². The Morgan fingerprint density at radius 3 is 3.00 bits per heavy atom. The molecular weight excluding hydrogens is 276 g/mol. The number of hydrogen-bond acceptors (Lipinski definition) is 3. The molecule has 1 aliphatic heterocycles. The van der Waals surface area contributed by atoms with Gasteiger partial charge in [-0.1, -0.05) is 31.5 Å². The van der Waals surface area contributed by atoms with Crippen LogP contribution < -0.4 is 10.6 Å². The number of aryl methyl sites for hydroxylation is 1. The molecule has 22 heavy (non-hydrogen) atoms. The molecule has 0 saturated heterocycles. The van der Waals surface area contributed by atoms with Crippen molar-refractivity contribution in [2.45, 2.75) is 45.2 Å². The number of H-pyrrole nitrogens is 1. The van der Waals surface area contributed by atoms with Crippen LogP contribution >= 0.6 is 0 Å². The number of carbonyl (C=O) groups is 1. The molecule has 2 atom stereocenters. The van der Waals surface area contributed by atoms with E-state index in [4.69, 9.17) is 5.73 Å². The third kappa shape index (κ3) is 2.52. The van der Waals surface area contributed by atoms with Crippen LogP contribution in [0.4, 0.5) is 5.69 Å². The van der Waals surface area contributed by atoms with Crippen LogP contribution in [0.15, 0.2) is 30.5 Å². The Kier molecular flexibility index (Phi) is 3.98. The van der Waals surface area contributed by atoms with Crippen molar-refractivity contribution in [1.29, 1.82) is 0 Å². The zero-order valence-electron chi connectivity index (χ0n) is 13.0. The van der Waals surface area contributed by atoms with Gasteiger partial charge in [-0.15, -0.1) is 0 Å². The van der Waals surface area contributed by atoms with Gasteiger partial charge in [0.05, 0.1) is 12.1 Å². The second-order valence-corrected chi connectivity index (χ2v) is 5.89. The Labute approximate surface area is 130 Å². The van der Waals surface area contributed by atoms with E-state index in [1.807, 2.05) is 24.4 Å². The van der Waals surface area contributed by atoms with Crippen molar-refractivity contribution in [3.8, 4) is 0 Å². The SMILES string of the molecule is CCCc1cnc(C2Cc3ccccc3N2C(=O)C(C)N)[nH]1. The van der Waals surface area contributed by atoms with Crippen molar-refractivity contribution in [3.05, 3.63) is 47.5 Å². The van der Waals surface area contributed by atoms with Crippen molar-refractivity contribution in [2.75, 3.05) is 4.90 Å². The lowest BCUT2D eigenvalue weighted by Gasteiger charge is -2.26. The predicted octanol–water partition coefficient (Wildman–Crippen LogP) is 2.34. The molecule has 0 radical (unpaired) electrons. The summed E-state index contributed by atoms with van der Waals surface area (Å²) in [5, 5.41) is 0. The Morgan fingerprint density at radius 1 is 1.50 bits per heavy atom. The fourth-order valence-corrected chi connectivity index (χ4v) is 3.04. The van der Waals surface area contributed by atoms with Crippen molar-refractivity contribution < 1.29 is 4.79 Å². The molecule has 0 spiro atoms. The number of aromatic nitrogens is 2. The van der Waals surface area contributed by atoms with E-state index in [2.05, 4.69) is 23.0 Å². The first kappa shape index (κ1) is 14.8. The van der Waals surface area contributed by atoms with E-state index >= 15 is 0 Å². The molecule has 2 unspecified atom stereocenters. The van der Waals surface area contributed by atoms with Crippen LogP contribution in [-0.4, -0.2) is 21.9 Å². The summed E-state index contributed by atoms with van der Waals surface area (Å²) < 4.78 is 0. The average molecular weight is 298 g/mol. The number of hydrogen-bond donors (Lipinski definition) is 2. The smallest absolute Gasteiger partial charge is 0.244 e. The molecule has 1 aromatic carbocycles. The van der Waals surface area contributed by atoms with Crippen LogP contribution in [0, 0.1) is 0 Å². The Hall–Kier alpha value is -2.14. The summed E-state index contributed by atoms with van der Waals surface area (Å²) in [6.07, 6.45) is 4.67. The van der Waals surface area contributed by atoms with Crippen molar-refractivity contribution in [2.24, 2.45) is 5.73 Å². The number of carbonyl (C=O) groups excluding carboxylic acids is 1. The Bertz CT molecular complexity index is 677. The molecule has 1 aliphatic rings. The van der Waals surface area contributed by atoms with Gasteiger partial charge in [0.1, 0.15) is 5.82 Å². The quantitative estimate of drug-likeness (QED) is 0.909. The lowest BCUT2D eigenvalue weighted by atomic mass is 10.1. The lowest BCUT2D eigenvalue weighted by molar-refractivity contribution is -0.119. The monoisotopic (exact) mass is 298 g/mol. The number of para-hydroxylation sites is 1. The number of benzene rings is 1. The largest absolute Gasteiger partial charge is 0.344 e. The van der Waals surface area contributed by atoms with Crippen molar-refractivity contribution in [1.82, 2.24) is 9.97 Å². The molecule has 2 aromatic rings. The molecule has 1 amide bonds. The van der Waals surface area contributed by atoms with E-state index in [1.165, 1.54) is 0 Å². The molecule has 5 nitrogen and oxygen atoms in total. The molecule has 1 aromatic heterocycles. The summed E-state index contributed by atoms with van der Waals surface area (Å²) in [7, 11) is 0. The molecule has 2 heterocycles. The van der Waals surface area contributed by atoms with Crippen LogP contribution in [0.5, 0.6) is 0 Å². The minimum absolute atomic E-state index is 0.0663. The summed E-state index contributed by atoms with van der Waals surface area (Å²) in [6, 6.07) is 7.37. The highest BCUT2D eigenvalue weighted by Crippen LogP contribution is 2.39. The average Bonchev–Trinajstić information content (AvgIpc) is 3.10. The van der Waals surface area contributed by atoms with Crippen molar-refractivity contribution >= 4 is 11.6 Å². The molecule has 0 bridgehead atoms. The molecule has 116 valence electrons. The minimum Gasteiger partial charge on any atom is -0.344 e. The minimum atomic E-state index is -0.529. The molecule has 0 aliphatic carbocycles. The van der Waals surface area contributed by atoms with Crippen LogP contribution in [0.25, 0.3) is 0 Å². The number of amides is 1. The number of nitrogens with one attached hydrogen (secondary N) is 1. The van der Waals surface area contributed by atoms with Gasteiger partial charge in [0.15, 0.2) is 0 Å². The van der Waals surface area contributed by atoms with E-state index in [-0.39, 0.29) is 11.9 Å². The van der Waals surface area contributed by atoms with E-state index in [1.54, 1.807) is 11.8 Å². The number of aromatic amines is 1. The van der Waals surface area contributed by atoms with E-state index in [9.17, 15) is 4.79 Å². The van der Waals surface area contributed by atoms with Gasteiger partial charge in [0.2, 0.25) is 5.91 Å².